The number of hydrogen-bond acceptors (Lipinski definition) is 7. The number of aromatic nitrogens is 2. The van der Waals surface area contributed by atoms with E-state index in [-0.39, 0.29) is 28.0 Å². The van der Waals surface area contributed by atoms with Crippen molar-refractivity contribution in [2.45, 2.75) is 0 Å². The highest BCUT2D eigenvalue weighted by Gasteiger charge is 2.20. The van der Waals surface area contributed by atoms with Gasteiger partial charge in [-0.05, 0) is 36.4 Å². The van der Waals surface area contributed by atoms with Crippen molar-refractivity contribution in [1.29, 1.82) is 5.26 Å². The average molecular weight is 419 g/mol. The third-order valence-corrected chi connectivity index (χ3v) is 4.36. The lowest BCUT2D eigenvalue weighted by molar-refractivity contribution is -0.384. The Labute approximate surface area is 171 Å². The van der Waals surface area contributed by atoms with E-state index in [1.807, 2.05) is 6.07 Å². The SMILES string of the molecule is N#Cc1cnn(-c2ccc(F)cc2)c1NC(=O)c1cc2cc([N+](=O)[O-])ccc2oc1=O. The largest absolute Gasteiger partial charge is 0.422 e. The van der Waals surface area contributed by atoms with E-state index in [4.69, 9.17) is 4.42 Å². The second-order valence-electron chi connectivity index (χ2n) is 6.29. The first-order valence-electron chi connectivity index (χ1n) is 8.65. The highest BCUT2D eigenvalue weighted by molar-refractivity contribution is 6.05. The van der Waals surface area contributed by atoms with Gasteiger partial charge in [-0.1, -0.05) is 0 Å². The van der Waals surface area contributed by atoms with Crippen molar-refractivity contribution < 1.29 is 18.5 Å². The predicted octanol–water partition coefficient (Wildman–Crippen LogP) is 3.15. The molecule has 0 radical (unpaired) electrons. The van der Waals surface area contributed by atoms with Gasteiger partial charge >= 0.3 is 5.63 Å². The van der Waals surface area contributed by atoms with Crippen molar-refractivity contribution in [3.63, 3.8) is 0 Å². The number of rotatable bonds is 4. The van der Waals surface area contributed by atoms with Crippen molar-refractivity contribution >= 4 is 28.4 Å². The third kappa shape index (κ3) is 3.60. The van der Waals surface area contributed by atoms with Gasteiger partial charge in [-0.25, -0.2) is 13.9 Å². The van der Waals surface area contributed by atoms with Gasteiger partial charge in [-0.2, -0.15) is 10.4 Å². The number of anilines is 1. The number of nitro benzene ring substituents is 1. The number of nitro groups is 1. The Morgan fingerprint density at radius 2 is 1.97 bits per heavy atom. The van der Waals surface area contributed by atoms with Crippen LogP contribution in [0.5, 0.6) is 0 Å². The summed E-state index contributed by atoms with van der Waals surface area (Å²) in [5, 5.41) is 26.9. The molecule has 0 bridgehead atoms. The molecule has 0 aliphatic rings. The summed E-state index contributed by atoms with van der Waals surface area (Å²) in [4.78, 5) is 35.4. The van der Waals surface area contributed by atoms with Crippen molar-refractivity contribution in [2.24, 2.45) is 0 Å². The summed E-state index contributed by atoms with van der Waals surface area (Å²) in [7, 11) is 0. The number of nitriles is 1. The number of fused-ring (bicyclic) bond motifs is 1. The molecule has 10 nitrogen and oxygen atoms in total. The molecule has 2 aromatic heterocycles. The molecule has 2 heterocycles. The van der Waals surface area contributed by atoms with E-state index >= 15 is 0 Å². The number of benzene rings is 2. The van der Waals surface area contributed by atoms with E-state index in [0.29, 0.717) is 5.69 Å². The van der Waals surface area contributed by atoms with Crippen LogP contribution in [0.2, 0.25) is 0 Å². The Hall–Kier alpha value is -4.85. The molecule has 0 saturated carbocycles. The molecule has 1 N–H and O–H groups in total. The van der Waals surface area contributed by atoms with Gasteiger partial charge in [-0.3, -0.25) is 14.9 Å². The molecule has 0 saturated heterocycles. The molecular formula is C20H10FN5O5. The first kappa shape index (κ1) is 19.5. The van der Waals surface area contributed by atoms with E-state index in [1.54, 1.807) is 0 Å². The van der Waals surface area contributed by atoms with Crippen LogP contribution in [0.15, 0.2) is 63.9 Å². The minimum Gasteiger partial charge on any atom is -0.422 e. The fraction of sp³-hybridized carbons (Fsp3) is 0. The maximum atomic E-state index is 13.2. The van der Waals surface area contributed by atoms with Crippen molar-refractivity contribution in [1.82, 2.24) is 9.78 Å². The molecule has 0 aliphatic heterocycles. The monoisotopic (exact) mass is 419 g/mol. The Bertz CT molecular complexity index is 1450. The summed E-state index contributed by atoms with van der Waals surface area (Å²) < 4.78 is 19.5. The molecule has 0 fully saturated rings. The van der Waals surface area contributed by atoms with Crippen molar-refractivity contribution in [3.05, 3.63) is 92.2 Å². The standard InChI is InChI=1S/C20H10FN5O5/c21-13-1-3-14(4-2-13)25-18(12(9-22)10-23-25)24-19(27)16-8-11-7-15(26(29)30)5-6-17(11)31-20(16)28/h1-8,10H,(H,24,27). The topological polar surface area (TPSA) is 144 Å². The molecule has 31 heavy (non-hydrogen) atoms. The van der Waals surface area contributed by atoms with Crippen LogP contribution in [0.3, 0.4) is 0 Å². The fourth-order valence-electron chi connectivity index (χ4n) is 2.89. The Kier molecular flexibility index (Phi) is 4.73. The van der Waals surface area contributed by atoms with Crippen LogP contribution < -0.4 is 10.9 Å². The van der Waals surface area contributed by atoms with Crippen LogP contribution in [0.1, 0.15) is 15.9 Å². The van der Waals surface area contributed by atoms with Gasteiger partial charge in [0.15, 0.2) is 5.82 Å². The lowest BCUT2D eigenvalue weighted by Gasteiger charge is -2.09. The zero-order valence-electron chi connectivity index (χ0n) is 15.4. The molecule has 0 spiro atoms. The van der Waals surface area contributed by atoms with Crippen LogP contribution in [-0.2, 0) is 0 Å². The predicted molar refractivity (Wildman–Crippen MR) is 105 cm³/mol. The average Bonchev–Trinajstić information content (AvgIpc) is 3.15. The normalized spacial score (nSPS) is 10.6. The fourth-order valence-corrected chi connectivity index (χ4v) is 2.89. The molecular weight excluding hydrogens is 409 g/mol. The minimum absolute atomic E-state index is 0.00140. The van der Waals surface area contributed by atoms with Crippen LogP contribution in [0, 0.1) is 27.3 Å². The summed E-state index contributed by atoms with van der Waals surface area (Å²) in [6.45, 7) is 0. The molecule has 4 aromatic rings. The van der Waals surface area contributed by atoms with Crippen LogP contribution in [0.25, 0.3) is 16.7 Å². The molecule has 0 aliphatic carbocycles. The molecule has 0 atom stereocenters. The van der Waals surface area contributed by atoms with Crippen LogP contribution in [-0.4, -0.2) is 20.6 Å². The zero-order chi connectivity index (χ0) is 22.1. The lowest BCUT2D eigenvalue weighted by atomic mass is 10.1. The van der Waals surface area contributed by atoms with Gasteiger partial charge < -0.3 is 9.73 Å². The molecule has 4 rings (SSSR count). The van der Waals surface area contributed by atoms with Gasteiger partial charge in [0, 0.05) is 17.5 Å². The van der Waals surface area contributed by atoms with Crippen molar-refractivity contribution in [3.8, 4) is 11.8 Å². The number of carbonyl (C=O) groups excluding carboxylic acids is 1. The number of nitrogens with one attached hydrogen (secondary N) is 1. The Morgan fingerprint density at radius 1 is 1.23 bits per heavy atom. The third-order valence-electron chi connectivity index (χ3n) is 4.36. The van der Waals surface area contributed by atoms with Crippen LogP contribution >= 0.6 is 0 Å². The molecule has 2 aromatic carbocycles. The Balaban J connectivity index is 1.75. The maximum absolute atomic E-state index is 13.2. The molecule has 1 amide bonds. The smallest absolute Gasteiger partial charge is 0.349 e. The van der Waals surface area contributed by atoms with E-state index in [0.717, 1.165) is 6.07 Å². The maximum Gasteiger partial charge on any atom is 0.349 e. The number of nitrogens with zero attached hydrogens (tertiary/aromatic N) is 4. The highest BCUT2D eigenvalue weighted by atomic mass is 19.1. The summed E-state index contributed by atoms with van der Waals surface area (Å²) in [6.07, 6.45) is 1.20. The van der Waals surface area contributed by atoms with E-state index < -0.39 is 27.8 Å². The number of amides is 1. The zero-order valence-corrected chi connectivity index (χ0v) is 15.4. The summed E-state index contributed by atoms with van der Waals surface area (Å²) in [6, 6.07) is 11.8. The second kappa shape index (κ2) is 7.53. The highest BCUT2D eigenvalue weighted by Crippen LogP contribution is 2.23. The van der Waals surface area contributed by atoms with E-state index in [2.05, 4.69) is 10.4 Å². The van der Waals surface area contributed by atoms with Gasteiger partial charge in [0.05, 0.1) is 16.8 Å². The van der Waals surface area contributed by atoms with E-state index in [1.165, 1.54) is 53.3 Å². The van der Waals surface area contributed by atoms with Crippen molar-refractivity contribution in [2.75, 3.05) is 5.32 Å². The number of halogens is 1. The second-order valence-corrected chi connectivity index (χ2v) is 6.29. The molecule has 152 valence electrons. The van der Waals surface area contributed by atoms with Gasteiger partial charge in [0.25, 0.3) is 11.6 Å². The minimum atomic E-state index is -0.967. The quantitative estimate of drug-likeness (QED) is 0.304. The van der Waals surface area contributed by atoms with Gasteiger partial charge in [0.2, 0.25) is 0 Å². The lowest BCUT2D eigenvalue weighted by Crippen LogP contribution is -2.22. The number of hydrogen-bond donors (Lipinski definition) is 1. The van der Waals surface area contributed by atoms with Gasteiger partial charge in [0.1, 0.15) is 28.6 Å². The summed E-state index contributed by atoms with van der Waals surface area (Å²) in [5.41, 5.74) is -1.21. The molecule has 11 heteroatoms. The number of carbonyl (C=O) groups is 1. The summed E-state index contributed by atoms with van der Waals surface area (Å²) in [5.74, 6) is -1.44. The first-order valence-corrected chi connectivity index (χ1v) is 8.65. The van der Waals surface area contributed by atoms with E-state index in [9.17, 15) is 29.4 Å². The van der Waals surface area contributed by atoms with Gasteiger partial charge in [-0.15, -0.1) is 0 Å². The summed E-state index contributed by atoms with van der Waals surface area (Å²) >= 11 is 0. The number of non-ortho nitro benzene ring substituents is 1. The Morgan fingerprint density at radius 3 is 2.65 bits per heavy atom. The first-order chi connectivity index (χ1) is 14.9. The van der Waals surface area contributed by atoms with Crippen LogP contribution in [0.4, 0.5) is 15.9 Å². The molecule has 0 unspecified atom stereocenters.